The van der Waals surface area contributed by atoms with Crippen molar-refractivity contribution < 1.29 is 0 Å². The maximum absolute atomic E-state index is 3.54. The lowest BCUT2D eigenvalue weighted by molar-refractivity contribution is 0.570. The molecular weight excluding hydrogens is 194 g/mol. The van der Waals surface area contributed by atoms with Gasteiger partial charge in [-0.15, -0.1) is 0 Å². The van der Waals surface area contributed by atoms with E-state index in [0.717, 1.165) is 19.4 Å². The summed E-state index contributed by atoms with van der Waals surface area (Å²) in [5.74, 6) is 0. The van der Waals surface area contributed by atoms with Gasteiger partial charge in [0.2, 0.25) is 0 Å². The van der Waals surface area contributed by atoms with E-state index >= 15 is 0 Å². The molecule has 0 saturated heterocycles. The minimum atomic E-state index is 0.469. The van der Waals surface area contributed by atoms with E-state index in [0.29, 0.717) is 6.04 Å². The summed E-state index contributed by atoms with van der Waals surface area (Å²) in [6, 6.07) is 7.40. The third kappa shape index (κ3) is 3.34. The van der Waals surface area contributed by atoms with Crippen molar-refractivity contribution in [3.63, 3.8) is 0 Å². The van der Waals surface area contributed by atoms with Crippen LogP contribution in [0.5, 0.6) is 0 Å². The summed E-state index contributed by atoms with van der Waals surface area (Å²) >= 11 is 0. The smallest absolute Gasteiger partial charge is 0.0291 e. The zero-order chi connectivity index (χ0) is 12.0. The Kier molecular flexibility index (Phi) is 5.54. The van der Waals surface area contributed by atoms with E-state index in [-0.39, 0.29) is 0 Å². The molecule has 16 heavy (non-hydrogen) atoms. The Balaban J connectivity index is 2.81. The summed E-state index contributed by atoms with van der Waals surface area (Å²) in [6.45, 7) is 10.0. The van der Waals surface area contributed by atoms with Crippen LogP contribution in [0.25, 0.3) is 0 Å². The summed E-state index contributed by atoms with van der Waals surface area (Å²) in [5, 5.41) is 3.54. The third-order valence-corrected chi connectivity index (χ3v) is 3.19. The Morgan fingerprint density at radius 1 is 1.06 bits per heavy atom. The Labute approximate surface area is 100 Å². The summed E-state index contributed by atoms with van der Waals surface area (Å²) in [7, 11) is 0. The summed E-state index contributed by atoms with van der Waals surface area (Å²) in [5.41, 5.74) is 4.42. The van der Waals surface area contributed by atoms with E-state index in [1.807, 2.05) is 0 Å². The predicted molar refractivity (Wildman–Crippen MR) is 71.9 cm³/mol. The predicted octanol–water partition coefficient (Wildman–Crippen LogP) is 3.87. The second-order valence-corrected chi connectivity index (χ2v) is 4.41. The first-order valence-electron chi connectivity index (χ1n) is 6.57. The molecular formula is C15H25N. The highest BCUT2D eigenvalue weighted by atomic mass is 14.9. The first kappa shape index (κ1) is 13.2. The first-order chi connectivity index (χ1) is 7.72. The van der Waals surface area contributed by atoms with Gasteiger partial charge in [0.25, 0.3) is 0 Å². The zero-order valence-corrected chi connectivity index (χ0v) is 11.1. The molecule has 1 N–H and O–H groups in total. The van der Waals surface area contributed by atoms with Crippen LogP contribution in [0.3, 0.4) is 0 Å². The van der Waals surface area contributed by atoms with Crippen LogP contribution in [0.1, 0.15) is 56.8 Å². The van der Waals surface area contributed by atoms with Crippen LogP contribution < -0.4 is 5.32 Å². The lowest BCUT2D eigenvalue weighted by atomic mass is 9.97. The maximum atomic E-state index is 3.54. The van der Waals surface area contributed by atoms with Crippen molar-refractivity contribution in [1.29, 1.82) is 0 Å². The van der Waals surface area contributed by atoms with Gasteiger partial charge in [-0.05, 0) is 49.4 Å². The van der Waals surface area contributed by atoms with Gasteiger partial charge in [-0.1, -0.05) is 39.0 Å². The van der Waals surface area contributed by atoms with Crippen molar-refractivity contribution in [3.8, 4) is 0 Å². The van der Waals surface area contributed by atoms with Gasteiger partial charge in [-0.2, -0.15) is 0 Å². The summed E-state index contributed by atoms with van der Waals surface area (Å²) in [4.78, 5) is 0. The number of benzene rings is 1. The molecule has 1 aromatic carbocycles. The molecule has 0 saturated carbocycles. The van der Waals surface area contributed by atoms with E-state index in [9.17, 15) is 0 Å². The molecule has 0 aliphatic heterocycles. The number of rotatable bonds is 6. The van der Waals surface area contributed by atoms with Crippen LogP contribution in [0.15, 0.2) is 18.2 Å². The van der Waals surface area contributed by atoms with Gasteiger partial charge in [0.15, 0.2) is 0 Å². The molecule has 0 aliphatic rings. The lowest BCUT2D eigenvalue weighted by Gasteiger charge is -2.16. The second kappa shape index (κ2) is 6.70. The SMILES string of the molecule is CCCNC(C)c1ccc(CC)c(CC)c1. The average Bonchev–Trinajstić information content (AvgIpc) is 2.34. The van der Waals surface area contributed by atoms with Crippen molar-refractivity contribution in [2.75, 3.05) is 6.54 Å². The minimum Gasteiger partial charge on any atom is -0.310 e. The fourth-order valence-corrected chi connectivity index (χ4v) is 2.07. The van der Waals surface area contributed by atoms with Gasteiger partial charge < -0.3 is 5.32 Å². The highest BCUT2D eigenvalue weighted by molar-refractivity contribution is 5.33. The Bertz CT molecular complexity index is 317. The Morgan fingerprint density at radius 3 is 2.31 bits per heavy atom. The number of hydrogen-bond donors (Lipinski definition) is 1. The van der Waals surface area contributed by atoms with Crippen LogP contribution in [0.4, 0.5) is 0 Å². The quantitative estimate of drug-likeness (QED) is 0.766. The van der Waals surface area contributed by atoms with Gasteiger partial charge >= 0.3 is 0 Å². The second-order valence-electron chi connectivity index (χ2n) is 4.41. The summed E-state index contributed by atoms with van der Waals surface area (Å²) < 4.78 is 0. The topological polar surface area (TPSA) is 12.0 Å². The molecule has 90 valence electrons. The van der Waals surface area contributed by atoms with Crippen molar-refractivity contribution in [3.05, 3.63) is 34.9 Å². The van der Waals surface area contributed by atoms with Crippen molar-refractivity contribution >= 4 is 0 Å². The molecule has 1 unspecified atom stereocenters. The highest BCUT2D eigenvalue weighted by Gasteiger charge is 2.06. The van der Waals surface area contributed by atoms with E-state index in [4.69, 9.17) is 0 Å². The standard InChI is InChI=1S/C15H25N/c1-5-10-16-12(4)15-9-8-13(6-2)14(7-3)11-15/h8-9,11-12,16H,5-7,10H2,1-4H3. The molecule has 1 heteroatoms. The fourth-order valence-electron chi connectivity index (χ4n) is 2.07. The van der Waals surface area contributed by atoms with Gasteiger partial charge in [0, 0.05) is 6.04 Å². The molecule has 0 fully saturated rings. The van der Waals surface area contributed by atoms with Gasteiger partial charge in [-0.25, -0.2) is 0 Å². The molecule has 1 rings (SSSR count). The number of nitrogens with one attached hydrogen (secondary N) is 1. The van der Waals surface area contributed by atoms with E-state index in [1.165, 1.54) is 23.1 Å². The van der Waals surface area contributed by atoms with Crippen molar-refractivity contribution in [2.45, 2.75) is 53.0 Å². The number of hydrogen-bond acceptors (Lipinski definition) is 1. The van der Waals surface area contributed by atoms with E-state index in [2.05, 4.69) is 51.2 Å². The fraction of sp³-hybridized carbons (Fsp3) is 0.600. The largest absolute Gasteiger partial charge is 0.310 e. The molecule has 0 radical (unpaired) electrons. The molecule has 1 atom stereocenters. The van der Waals surface area contributed by atoms with E-state index in [1.54, 1.807) is 0 Å². The van der Waals surface area contributed by atoms with Crippen LogP contribution in [0, 0.1) is 0 Å². The van der Waals surface area contributed by atoms with Crippen molar-refractivity contribution in [2.24, 2.45) is 0 Å². The van der Waals surface area contributed by atoms with Crippen LogP contribution in [-0.2, 0) is 12.8 Å². The molecule has 1 aromatic rings. The molecule has 0 heterocycles. The molecule has 0 bridgehead atoms. The van der Waals surface area contributed by atoms with Gasteiger partial charge in [0.05, 0.1) is 0 Å². The monoisotopic (exact) mass is 219 g/mol. The molecule has 0 spiro atoms. The summed E-state index contributed by atoms with van der Waals surface area (Å²) in [6.07, 6.45) is 3.47. The zero-order valence-electron chi connectivity index (χ0n) is 11.1. The van der Waals surface area contributed by atoms with Crippen LogP contribution in [0.2, 0.25) is 0 Å². The molecule has 0 aromatic heterocycles. The minimum absolute atomic E-state index is 0.469. The third-order valence-electron chi connectivity index (χ3n) is 3.19. The van der Waals surface area contributed by atoms with Crippen LogP contribution in [-0.4, -0.2) is 6.54 Å². The lowest BCUT2D eigenvalue weighted by Crippen LogP contribution is -2.19. The van der Waals surface area contributed by atoms with E-state index < -0.39 is 0 Å². The van der Waals surface area contributed by atoms with Crippen LogP contribution >= 0.6 is 0 Å². The maximum Gasteiger partial charge on any atom is 0.0291 e. The molecule has 0 amide bonds. The van der Waals surface area contributed by atoms with Gasteiger partial charge in [0.1, 0.15) is 0 Å². The average molecular weight is 219 g/mol. The molecule has 1 nitrogen and oxygen atoms in total. The van der Waals surface area contributed by atoms with Gasteiger partial charge in [-0.3, -0.25) is 0 Å². The van der Waals surface area contributed by atoms with Crippen molar-refractivity contribution in [1.82, 2.24) is 5.32 Å². The Hall–Kier alpha value is -0.820. The Morgan fingerprint density at radius 2 is 1.75 bits per heavy atom. The first-order valence-corrected chi connectivity index (χ1v) is 6.57. The number of aryl methyl sites for hydroxylation is 2. The normalized spacial score (nSPS) is 12.8. The highest BCUT2D eigenvalue weighted by Crippen LogP contribution is 2.18. The molecule has 0 aliphatic carbocycles.